The summed E-state index contributed by atoms with van der Waals surface area (Å²) < 4.78 is 7.31. The minimum absolute atomic E-state index is 0.138. The van der Waals surface area contributed by atoms with Gasteiger partial charge in [-0.05, 0) is 37.3 Å². The van der Waals surface area contributed by atoms with Gasteiger partial charge in [-0.1, -0.05) is 17.7 Å². The molecule has 0 saturated carbocycles. The number of nitrogens with zero attached hydrogens (tertiary/aromatic N) is 3. The van der Waals surface area contributed by atoms with Crippen molar-refractivity contribution < 1.29 is 9.21 Å². The third-order valence-electron chi connectivity index (χ3n) is 3.47. The van der Waals surface area contributed by atoms with Crippen LogP contribution in [0.4, 0.5) is 0 Å². The van der Waals surface area contributed by atoms with Gasteiger partial charge >= 0.3 is 0 Å². The number of likely N-dealkylation sites (N-methyl/N-ethyl adjacent to an activating group) is 1. The second-order valence-corrected chi connectivity index (χ2v) is 5.61. The second kappa shape index (κ2) is 6.30. The maximum absolute atomic E-state index is 12.2. The number of imidazole rings is 1. The molecule has 0 bridgehead atoms. The molecule has 23 heavy (non-hydrogen) atoms. The van der Waals surface area contributed by atoms with Crippen LogP contribution in [0.25, 0.3) is 11.7 Å². The molecule has 118 valence electrons. The number of aryl methyl sites for hydroxylation is 1. The van der Waals surface area contributed by atoms with Crippen molar-refractivity contribution in [2.45, 2.75) is 13.5 Å². The van der Waals surface area contributed by atoms with E-state index in [1.165, 1.54) is 6.08 Å². The maximum Gasteiger partial charge on any atom is 0.246 e. The molecule has 0 aliphatic heterocycles. The number of amides is 1. The first-order chi connectivity index (χ1) is 11.0. The van der Waals surface area contributed by atoms with Crippen molar-refractivity contribution >= 4 is 29.2 Å². The molecule has 0 aliphatic carbocycles. The Morgan fingerprint density at radius 1 is 1.39 bits per heavy atom. The van der Waals surface area contributed by atoms with Gasteiger partial charge in [-0.25, -0.2) is 4.98 Å². The first kappa shape index (κ1) is 15.4. The van der Waals surface area contributed by atoms with Crippen LogP contribution in [0.5, 0.6) is 0 Å². The number of furan rings is 1. The summed E-state index contributed by atoms with van der Waals surface area (Å²) in [5.74, 6) is 1.44. The van der Waals surface area contributed by atoms with E-state index in [4.69, 9.17) is 16.0 Å². The average Bonchev–Trinajstić information content (AvgIpc) is 3.07. The minimum atomic E-state index is -0.138. The van der Waals surface area contributed by atoms with Crippen molar-refractivity contribution in [3.05, 3.63) is 65.0 Å². The van der Waals surface area contributed by atoms with Crippen molar-refractivity contribution in [2.75, 3.05) is 7.05 Å². The van der Waals surface area contributed by atoms with Crippen LogP contribution in [0.2, 0.25) is 5.15 Å². The summed E-state index contributed by atoms with van der Waals surface area (Å²) >= 11 is 6.14. The molecular formula is C17H16ClN3O2. The maximum atomic E-state index is 12.2. The predicted octanol–water partition coefficient (Wildman–Crippen LogP) is 3.56. The molecule has 0 N–H and O–H groups in total. The Morgan fingerprint density at radius 3 is 2.96 bits per heavy atom. The smallest absolute Gasteiger partial charge is 0.246 e. The zero-order valence-electron chi connectivity index (χ0n) is 12.9. The highest BCUT2D eigenvalue weighted by molar-refractivity contribution is 6.31. The first-order valence-electron chi connectivity index (χ1n) is 7.15. The molecule has 3 aromatic rings. The summed E-state index contributed by atoms with van der Waals surface area (Å²) in [5.41, 5.74) is 1.42. The van der Waals surface area contributed by atoms with E-state index >= 15 is 0 Å². The van der Waals surface area contributed by atoms with E-state index in [0.717, 1.165) is 17.2 Å². The lowest BCUT2D eigenvalue weighted by Gasteiger charge is -2.13. The van der Waals surface area contributed by atoms with E-state index in [1.807, 2.05) is 47.9 Å². The molecule has 6 heteroatoms. The third-order valence-corrected chi connectivity index (χ3v) is 3.75. The quantitative estimate of drug-likeness (QED) is 0.688. The van der Waals surface area contributed by atoms with Gasteiger partial charge in [0.2, 0.25) is 5.91 Å². The Bertz CT molecular complexity index is 879. The molecule has 0 atom stereocenters. The molecule has 3 rings (SSSR count). The van der Waals surface area contributed by atoms with Crippen LogP contribution >= 0.6 is 11.6 Å². The summed E-state index contributed by atoms with van der Waals surface area (Å²) in [6.45, 7) is 2.29. The molecule has 0 aliphatic rings. The van der Waals surface area contributed by atoms with Crippen LogP contribution in [0.15, 0.2) is 47.0 Å². The zero-order chi connectivity index (χ0) is 16.4. The predicted molar refractivity (Wildman–Crippen MR) is 89.2 cm³/mol. The number of hydrogen-bond acceptors (Lipinski definition) is 3. The van der Waals surface area contributed by atoms with Gasteiger partial charge in [0.1, 0.15) is 17.2 Å². The van der Waals surface area contributed by atoms with Crippen LogP contribution in [0.3, 0.4) is 0 Å². The monoisotopic (exact) mass is 329 g/mol. The van der Waals surface area contributed by atoms with Gasteiger partial charge in [0, 0.05) is 19.3 Å². The number of aromatic nitrogens is 2. The molecule has 1 amide bonds. The number of rotatable bonds is 4. The highest BCUT2D eigenvalue weighted by Crippen LogP contribution is 2.19. The van der Waals surface area contributed by atoms with E-state index < -0.39 is 0 Å². The average molecular weight is 330 g/mol. The number of carbonyl (C=O) groups excluding carboxylic acids is 1. The number of pyridine rings is 1. The summed E-state index contributed by atoms with van der Waals surface area (Å²) in [4.78, 5) is 18.0. The summed E-state index contributed by atoms with van der Waals surface area (Å²) in [6, 6.07) is 9.37. The van der Waals surface area contributed by atoms with Crippen molar-refractivity contribution in [3.63, 3.8) is 0 Å². The molecule has 0 aromatic carbocycles. The van der Waals surface area contributed by atoms with Gasteiger partial charge in [-0.3, -0.25) is 9.20 Å². The topological polar surface area (TPSA) is 50.8 Å². The summed E-state index contributed by atoms with van der Waals surface area (Å²) in [7, 11) is 1.72. The van der Waals surface area contributed by atoms with E-state index in [9.17, 15) is 4.79 Å². The van der Waals surface area contributed by atoms with Crippen LogP contribution in [-0.4, -0.2) is 27.2 Å². The minimum Gasteiger partial charge on any atom is -0.464 e. The molecular weight excluding hydrogens is 314 g/mol. The third kappa shape index (κ3) is 3.29. The number of carbonyl (C=O) groups is 1. The van der Waals surface area contributed by atoms with Crippen molar-refractivity contribution in [2.24, 2.45) is 0 Å². The van der Waals surface area contributed by atoms with Crippen LogP contribution < -0.4 is 0 Å². The number of halogens is 1. The first-order valence-corrected chi connectivity index (χ1v) is 7.53. The number of fused-ring (bicyclic) bond motifs is 1. The zero-order valence-corrected chi connectivity index (χ0v) is 13.6. The summed E-state index contributed by atoms with van der Waals surface area (Å²) in [6.07, 6.45) is 5.01. The van der Waals surface area contributed by atoms with E-state index in [-0.39, 0.29) is 5.91 Å². The van der Waals surface area contributed by atoms with Gasteiger partial charge in [-0.15, -0.1) is 0 Å². The standard InChI is InChI=1S/C17H16ClN3O2/c1-12-6-7-13(23-12)11-20(2)16(22)9-8-14-17(18)19-15-5-3-4-10-21(14)15/h3-10H,11H2,1-2H3/b9-8+. The fraction of sp³-hybridized carbons (Fsp3) is 0.176. The lowest BCUT2D eigenvalue weighted by molar-refractivity contribution is -0.125. The van der Waals surface area contributed by atoms with Crippen molar-refractivity contribution in [1.29, 1.82) is 0 Å². The lowest BCUT2D eigenvalue weighted by atomic mass is 10.3. The molecule has 5 nitrogen and oxygen atoms in total. The van der Waals surface area contributed by atoms with Gasteiger partial charge < -0.3 is 9.32 Å². The van der Waals surface area contributed by atoms with Crippen molar-refractivity contribution in [1.82, 2.24) is 14.3 Å². The van der Waals surface area contributed by atoms with Crippen LogP contribution in [0.1, 0.15) is 17.2 Å². The SMILES string of the molecule is Cc1ccc(CN(C)C(=O)/C=C/c2c(Cl)nc3ccccn23)o1. The van der Waals surface area contributed by atoms with E-state index in [2.05, 4.69) is 4.98 Å². The molecule has 0 fully saturated rings. The molecule has 0 saturated heterocycles. The largest absolute Gasteiger partial charge is 0.464 e. The second-order valence-electron chi connectivity index (χ2n) is 5.26. The molecule has 0 radical (unpaired) electrons. The Hall–Kier alpha value is -2.53. The molecule has 0 spiro atoms. The Labute approximate surface area is 138 Å². The highest BCUT2D eigenvalue weighted by Gasteiger charge is 2.10. The Balaban J connectivity index is 1.75. The summed E-state index contributed by atoms with van der Waals surface area (Å²) in [5, 5.41) is 0.365. The van der Waals surface area contributed by atoms with Crippen molar-refractivity contribution in [3.8, 4) is 0 Å². The Kier molecular flexibility index (Phi) is 4.21. The number of hydrogen-bond donors (Lipinski definition) is 0. The Morgan fingerprint density at radius 2 is 2.22 bits per heavy atom. The molecule has 3 aromatic heterocycles. The van der Waals surface area contributed by atoms with Gasteiger partial charge in [0.05, 0.1) is 12.2 Å². The molecule has 3 heterocycles. The fourth-order valence-electron chi connectivity index (χ4n) is 2.29. The van der Waals surface area contributed by atoms with E-state index in [1.54, 1.807) is 18.0 Å². The van der Waals surface area contributed by atoms with Gasteiger partial charge in [0.15, 0.2) is 5.15 Å². The lowest BCUT2D eigenvalue weighted by Crippen LogP contribution is -2.23. The highest BCUT2D eigenvalue weighted by atomic mass is 35.5. The fourth-order valence-corrected chi connectivity index (χ4v) is 2.54. The van der Waals surface area contributed by atoms with Gasteiger partial charge in [0.25, 0.3) is 0 Å². The normalized spacial score (nSPS) is 11.4. The molecule has 0 unspecified atom stereocenters. The van der Waals surface area contributed by atoms with Crippen LogP contribution in [-0.2, 0) is 11.3 Å². The van der Waals surface area contributed by atoms with Crippen LogP contribution in [0, 0.1) is 6.92 Å². The van der Waals surface area contributed by atoms with Gasteiger partial charge in [-0.2, -0.15) is 0 Å². The van der Waals surface area contributed by atoms with E-state index in [0.29, 0.717) is 17.4 Å².